The molecule has 5 heteroatoms. The van der Waals surface area contributed by atoms with Crippen LogP contribution in [0.3, 0.4) is 0 Å². The van der Waals surface area contributed by atoms with Crippen LogP contribution in [0, 0.1) is 17.3 Å². The number of allylic oxidation sites excluding steroid dienone is 1. The Balaban J connectivity index is 0.00000232. The van der Waals surface area contributed by atoms with Crippen LogP contribution in [-0.2, 0) is 4.79 Å². The third-order valence-corrected chi connectivity index (χ3v) is 7.84. The quantitative estimate of drug-likeness (QED) is 0.480. The predicted molar refractivity (Wildman–Crippen MR) is 107 cm³/mol. The van der Waals surface area contributed by atoms with Gasteiger partial charge in [-0.05, 0) is 24.3 Å². The number of thioether (sulfide) groups is 2. The average molecular weight is 425 g/mol. The van der Waals surface area contributed by atoms with E-state index in [0.717, 1.165) is 17.9 Å². The molecular weight excluding hydrogens is 391 g/mol. The second-order valence-electron chi connectivity index (χ2n) is 6.49. The third-order valence-electron chi connectivity index (χ3n) is 4.19. The number of ketones is 1. The first kappa shape index (κ1) is 23.6. The van der Waals surface area contributed by atoms with Crippen molar-refractivity contribution in [2.75, 3.05) is 11.5 Å². The summed E-state index contributed by atoms with van der Waals surface area (Å²) in [6.07, 6.45) is 5.67. The zero-order valence-corrected chi connectivity index (χ0v) is 18.7. The number of carbonyl (C=O) groups is 1. The summed E-state index contributed by atoms with van der Waals surface area (Å²) in [5, 5.41) is 10.5. The third kappa shape index (κ3) is 7.15. The summed E-state index contributed by atoms with van der Waals surface area (Å²) >= 11 is 6.42. The minimum absolute atomic E-state index is 0.0198. The molecule has 0 bridgehead atoms. The fourth-order valence-corrected chi connectivity index (χ4v) is 5.94. The topological polar surface area (TPSA) is 37.3 Å². The number of carbonyl (C=O) groups excluding carboxylic acids is 1. The van der Waals surface area contributed by atoms with Crippen molar-refractivity contribution in [2.45, 2.75) is 64.0 Å². The van der Waals surface area contributed by atoms with Gasteiger partial charge in [-0.25, -0.2) is 0 Å². The van der Waals surface area contributed by atoms with Gasteiger partial charge in [-0.1, -0.05) is 46.8 Å². The predicted octanol–water partition coefficient (Wildman–Crippen LogP) is 4.58. The van der Waals surface area contributed by atoms with E-state index in [0.29, 0.717) is 4.58 Å². The van der Waals surface area contributed by atoms with Gasteiger partial charge in [0.15, 0.2) is 0 Å². The van der Waals surface area contributed by atoms with Crippen LogP contribution < -0.4 is 0 Å². The molecule has 1 heterocycles. The Morgan fingerprint density at radius 3 is 2.30 bits per heavy atom. The Morgan fingerprint density at radius 2 is 1.83 bits per heavy atom. The van der Waals surface area contributed by atoms with Gasteiger partial charge in [-0.3, -0.25) is 4.79 Å². The van der Waals surface area contributed by atoms with Crippen molar-refractivity contribution < 1.29 is 9.90 Å². The first-order chi connectivity index (χ1) is 10.8. The van der Waals surface area contributed by atoms with Crippen molar-refractivity contribution in [3.63, 3.8) is 0 Å². The number of rotatable bonds is 7. The second kappa shape index (κ2) is 12.0. The van der Waals surface area contributed by atoms with Gasteiger partial charge in [-0.2, -0.15) is 0 Å². The molecule has 1 aliphatic rings. The number of aliphatic hydroxyl groups excluding tert-OH is 1. The van der Waals surface area contributed by atoms with Crippen molar-refractivity contribution in [3.8, 4) is 0 Å². The summed E-state index contributed by atoms with van der Waals surface area (Å²) in [5.74, 6) is 4.05. The van der Waals surface area contributed by atoms with Gasteiger partial charge in [0.2, 0.25) is 0 Å². The Labute approximate surface area is 159 Å². The van der Waals surface area contributed by atoms with Crippen LogP contribution >= 0.6 is 23.5 Å². The number of hydrogen-bond donors (Lipinski definition) is 1. The van der Waals surface area contributed by atoms with Crippen molar-refractivity contribution in [2.24, 2.45) is 17.3 Å². The van der Waals surface area contributed by atoms with Crippen LogP contribution in [-0.4, -0.2) is 49.1 Å². The van der Waals surface area contributed by atoms with E-state index in [2.05, 4.69) is 29.0 Å². The zero-order valence-electron chi connectivity index (χ0n) is 15.4. The monoisotopic (exact) mass is 425 g/mol. The molecule has 1 N–H and O–H groups in total. The summed E-state index contributed by atoms with van der Waals surface area (Å²) in [7, 11) is 0. The summed E-state index contributed by atoms with van der Waals surface area (Å²) in [6, 6.07) is 0. The number of aliphatic hydroxyl groups is 1. The maximum atomic E-state index is 12.9. The van der Waals surface area contributed by atoms with Crippen LogP contribution in [0.5, 0.6) is 0 Å². The van der Waals surface area contributed by atoms with E-state index in [1.165, 1.54) is 6.42 Å². The van der Waals surface area contributed by atoms with E-state index in [1.807, 2.05) is 63.1 Å². The van der Waals surface area contributed by atoms with Crippen LogP contribution in [0.2, 0.25) is 5.82 Å². The van der Waals surface area contributed by atoms with Gasteiger partial charge >= 0.3 is 21.8 Å². The average Bonchev–Trinajstić information content (AvgIpc) is 2.60. The van der Waals surface area contributed by atoms with Gasteiger partial charge in [0.05, 0.1) is 10.7 Å². The van der Waals surface area contributed by atoms with Crippen molar-refractivity contribution in [1.29, 1.82) is 0 Å². The molecule has 3 atom stereocenters. The minimum atomic E-state index is -0.599. The van der Waals surface area contributed by atoms with Crippen molar-refractivity contribution >= 4 is 45.3 Å². The molecule has 1 saturated heterocycles. The fourth-order valence-electron chi connectivity index (χ4n) is 2.68. The summed E-state index contributed by atoms with van der Waals surface area (Å²) in [6.45, 7) is 10.0. The van der Waals surface area contributed by atoms with E-state index in [4.69, 9.17) is 0 Å². The molecule has 2 unspecified atom stereocenters. The van der Waals surface area contributed by atoms with Crippen LogP contribution in [0.4, 0.5) is 0 Å². The molecule has 0 amide bonds. The summed E-state index contributed by atoms with van der Waals surface area (Å²) < 4.78 is 0.315. The molecule has 0 saturated carbocycles. The van der Waals surface area contributed by atoms with Crippen LogP contribution in [0.1, 0.15) is 47.5 Å². The second-order valence-corrected chi connectivity index (χ2v) is 9.21. The number of Topliss-reactive ketones (excluding diaryl/α,β-unsaturated/α-hetero) is 1. The van der Waals surface area contributed by atoms with Gasteiger partial charge in [0, 0.05) is 17.3 Å². The molecule has 2 nitrogen and oxygen atoms in total. The van der Waals surface area contributed by atoms with E-state index in [9.17, 15) is 9.90 Å². The standard InChI is InChI=1S/C17H30O2S2.CH3Se/c1-6-7-9-12(2)14(18)13(3)15(19)17(4,5)16-20-10-8-11-21-16;1-2/h7,9,12-14,16,18H,6,8,10-11H2,1-5H3;1H3/b9-7+;/t12-,13?,14?;/m0./s1. The molecule has 0 aliphatic carbocycles. The molecule has 1 radical (unpaired) electrons. The van der Waals surface area contributed by atoms with Gasteiger partial charge in [-0.15, -0.1) is 23.5 Å². The first-order valence-electron chi connectivity index (χ1n) is 8.35. The van der Waals surface area contributed by atoms with Crippen molar-refractivity contribution in [1.82, 2.24) is 0 Å². The summed E-state index contributed by atoms with van der Waals surface area (Å²) in [4.78, 5) is 12.9. The van der Waals surface area contributed by atoms with Crippen molar-refractivity contribution in [3.05, 3.63) is 12.2 Å². The Hall–Kier alpha value is 0.589. The van der Waals surface area contributed by atoms with Gasteiger partial charge < -0.3 is 5.11 Å². The van der Waals surface area contributed by atoms with E-state index in [1.54, 1.807) is 0 Å². The SMILES string of the molecule is CC/C=C/[C@H](C)C(O)C(C)C(=O)C(C)(C)C1SCCCS1.C[Se]. The molecule has 1 fully saturated rings. The molecule has 0 aromatic heterocycles. The van der Waals surface area contributed by atoms with Crippen LogP contribution in [0.15, 0.2) is 12.2 Å². The van der Waals surface area contributed by atoms with E-state index < -0.39 is 6.10 Å². The van der Waals surface area contributed by atoms with Crippen LogP contribution in [0.25, 0.3) is 0 Å². The molecule has 1 rings (SSSR count). The molecule has 135 valence electrons. The van der Waals surface area contributed by atoms with Gasteiger partial charge in [0.25, 0.3) is 0 Å². The Morgan fingerprint density at radius 1 is 1.30 bits per heavy atom. The zero-order chi connectivity index (χ0) is 18.0. The number of hydrogen-bond acceptors (Lipinski definition) is 4. The molecule has 23 heavy (non-hydrogen) atoms. The summed E-state index contributed by atoms with van der Waals surface area (Å²) in [5.41, 5.74) is -0.385. The van der Waals surface area contributed by atoms with E-state index in [-0.39, 0.29) is 23.0 Å². The normalized spacial score (nSPS) is 20.5. The first-order valence-corrected chi connectivity index (χ1v) is 12.2. The Bertz CT molecular complexity index is 366. The molecule has 1 aliphatic heterocycles. The molecular formula is C18H33O2S2Se. The Kier molecular flexibility index (Phi) is 12.3. The molecule has 0 spiro atoms. The molecule has 0 aromatic carbocycles. The maximum absolute atomic E-state index is 12.9. The fraction of sp³-hybridized carbons (Fsp3) is 0.833. The molecule has 0 aromatic rings. The van der Waals surface area contributed by atoms with Gasteiger partial charge in [0.1, 0.15) is 5.78 Å². The van der Waals surface area contributed by atoms with E-state index >= 15 is 0 Å².